The highest BCUT2D eigenvalue weighted by Crippen LogP contribution is 2.25. The number of esters is 1. The van der Waals surface area contributed by atoms with Gasteiger partial charge in [0.15, 0.2) is 0 Å². The van der Waals surface area contributed by atoms with Crippen LogP contribution in [0.1, 0.15) is 22.8 Å². The highest BCUT2D eigenvalue weighted by molar-refractivity contribution is 6.00. The Labute approximate surface area is 98.6 Å². The summed E-state index contributed by atoms with van der Waals surface area (Å²) in [6, 6.07) is 4.64. The first-order chi connectivity index (χ1) is 8.11. The summed E-state index contributed by atoms with van der Waals surface area (Å²) in [4.78, 5) is 24.6. The predicted octanol–water partition coefficient (Wildman–Crippen LogP) is 0.911. The number of phenols is 1. The van der Waals surface area contributed by atoms with Crippen LogP contribution in [-0.4, -0.2) is 35.0 Å². The maximum atomic E-state index is 11.9. The average Bonchev–Trinajstić information content (AvgIpc) is 2.57. The van der Waals surface area contributed by atoms with Crippen molar-refractivity contribution in [2.45, 2.75) is 13.5 Å². The molecule has 5 nitrogen and oxygen atoms in total. The number of aromatic hydroxyl groups is 1. The molecule has 1 aliphatic heterocycles. The largest absolute Gasteiger partial charge is 0.508 e. The van der Waals surface area contributed by atoms with E-state index in [1.165, 1.54) is 17.0 Å². The molecule has 1 aliphatic rings. The Morgan fingerprint density at radius 1 is 1.53 bits per heavy atom. The Hall–Kier alpha value is -2.04. The lowest BCUT2D eigenvalue weighted by Crippen LogP contribution is -2.31. The fourth-order valence-electron chi connectivity index (χ4n) is 1.84. The van der Waals surface area contributed by atoms with Gasteiger partial charge < -0.3 is 14.7 Å². The zero-order valence-electron chi connectivity index (χ0n) is 9.47. The Kier molecular flexibility index (Phi) is 2.99. The molecule has 1 amide bonds. The Balaban J connectivity index is 2.12. The van der Waals surface area contributed by atoms with Gasteiger partial charge in [0.05, 0.1) is 6.61 Å². The van der Waals surface area contributed by atoms with E-state index in [1.807, 2.05) is 0 Å². The Morgan fingerprint density at radius 2 is 2.29 bits per heavy atom. The summed E-state index contributed by atoms with van der Waals surface area (Å²) < 4.78 is 4.79. The number of hydrogen-bond acceptors (Lipinski definition) is 4. The molecule has 0 bridgehead atoms. The second-order valence-corrected chi connectivity index (χ2v) is 3.81. The molecule has 90 valence electrons. The first kappa shape index (κ1) is 11.4. The van der Waals surface area contributed by atoms with Gasteiger partial charge in [-0.3, -0.25) is 9.59 Å². The molecule has 0 aromatic heterocycles. The number of phenolic OH excluding ortho intramolecular Hbond substituents is 1. The van der Waals surface area contributed by atoms with Crippen molar-refractivity contribution >= 4 is 11.9 Å². The zero-order chi connectivity index (χ0) is 12.4. The summed E-state index contributed by atoms with van der Waals surface area (Å²) in [5, 5.41) is 9.30. The minimum absolute atomic E-state index is 0.0510. The number of fused-ring (bicyclic) bond motifs is 1. The molecule has 2 rings (SSSR count). The van der Waals surface area contributed by atoms with E-state index in [9.17, 15) is 14.7 Å². The van der Waals surface area contributed by atoms with Crippen molar-refractivity contribution in [3.8, 4) is 5.75 Å². The zero-order valence-corrected chi connectivity index (χ0v) is 9.47. The van der Waals surface area contributed by atoms with Gasteiger partial charge in [0.2, 0.25) is 0 Å². The van der Waals surface area contributed by atoms with Gasteiger partial charge in [-0.2, -0.15) is 0 Å². The molecule has 0 radical (unpaired) electrons. The number of amides is 1. The van der Waals surface area contributed by atoms with Gasteiger partial charge in [0.1, 0.15) is 12.3 Å². The molecule has 1 aromatic carbocycles. The van der Waals surface area contributed by atoms with Crippen LogP contribution in [0.4, 0.5) is 0 Å². The molecule has 0 saturated carbocycles. The average molecular weight is 235 g/mol. The number of carbonyl (C=O) groups is 2. The van der Waals surface area contributed by atoms with E-state index in [2.05, 4.69) is 0 Å². The molecule has 0 unspecified atom stereocenters. The Morgan fingerprint density at radius 3 is 3.00 bits per heavy atom. The monoisotopic (exact) mass is 235 g/mol. The van der Waals surface area contributed by atoms with Crippen molar-refractivity contribution < 1.29 is 19.4 Å². The van der Waals surface area contributed by atoms with E-state index in [0.29, 0.717) is 18.7 Å². The quantitative estimate of drug-likeness (QED) is 0.791. The molecule has 0 saturated heterocycles. The normalized spacial score (nSPS) is 13.7. The van der Waals surface area contributed by atoms with Gasteiger partial charge in [0.25, 0.3) is 5.91 Å². The highest BCUT2D eigenvalue weighted by Gasteiger charge is 2.29. The summed E-state index contributed by atoms with van der Waals surface area (Å²) in [7, 11) is 0. The van der Waals surface area contributed by atoms with Gasteiger partial charge in [0, 0.05) is 12.1 Å². The molecule has 5 heteroatoms. The van der Waals surface area contributed by atoms with E-state index in [1.54, 1.807) is 13.0 Å². The van der Waals surface area contributed by atoms with Crippen LogP contribution >= 0.6 is 0 Å². The van der Waals surface area contributed by atoms with Crippen LogP contribution in [0.5, 0.6) is 5.75 Å². The van der Waals surface area contributed by atoms with Crippen molar-refractivity contribution in [1.29, 1.82) is 0 Å². The van der Waals surface area contributed by atoms with Crippen molar-refractivity contribution in [1.82, 2.24) is 4.90 Å². The smallest absolute Gasteiger partial charge is 0.325 e. The maximum absolute atomic E-state index is 11.9. The van der Waals surface area contributed by atoms with Crippen LogP contribution in [0.25, 0.3) is 0 Å². The lowest BCUT2D eigenvalue weighted by Gasteiger charge is -2.13. The van der Waals surface area contributed by atoms with E-state index in [-0.39, 0.29) is 18.2 Å². The van der Waals surface area contributed by atoms with E-state index in [0.717, 1.165) is 5.56 Å². The Bertz CT molecular complexity index is 470. The standard InChI is InChI=1S/C12H13NO4/c1-2-17-11(15)7-13-6-8-3-4-9(14)5-10(8)12(13)16/h3-5,14H,2,6-7H2,1H3. The second-order valence-electron chi connectivity index (χ2n) is 3.81. The van der Waals surface area contributed by atoms with Crippen LogP contribution < -0.4 is 0 Å². The third-order valence-electron chi connectivity index (χ3n) is 2.60. The topological polar surface area (TPSA) is 66.8 Å². The summed E-state index contributed by atoms with van der Waals surface area (Å²) >= 11 is 0. The lowest BCUT2D eigenvalue weighted by molar-refractivity contribution is -0.143. The first-order valence-corrected chi connectivity index (χ1v) is 5.38. The fourth-order valence-corrected chi connectivity index (χ4v) is 1.84. The molecular weight excluding hydrogens is 222 g/mol. The second kappa shape index (κ2) is 4.45. The number of carbonyl (C=O) groups excluding carboxylic acids is 2. The summed E-state index contributed by atoms with van der Waals surface area (Å²) in [6.07, 6.45) is 0. The number of nitrogens with zero attached hydrogens (tertiary/aromatic N) is 1. The van der Waals surface area contributed by atoms with Crippen LogP contribution in [-0.2, 0) is 16.1 Å². The van der Waals surface area contributed by atoms with Crippen LogP contribution in [0.3, 0.4) is 0 Å². The third-order valence-corrected chi connectivity index (χ3v) is 2.60. The van der Waals surface area contributed by atoms with Crippen LogP contribution in [0, 0.1) is 0 Å². The molecule has 0 fully saturated rings. The van der Waals surface area contributed by atoms with Gasteiger partial charge in [-0.15, -0.1) is 0 Å². The fraction of sp³-hybridized carbons (Fsp3) is 0.333. The van der Waals surface area contributed by atoms with E-state index >= 15 is 0 Å². The number of rotatable bonds is 3. The molecule has 0 spiro atoms. The summed E-state index contributed by atoms with van der Waals surface area (Å²) in [5.74, 6) is -0.614. The van der Waals surface area contributed by atoms with E-state index in [4.69, 9.17) is 4.74 Å². The minimum atomic E-state index is -0.419. The number of hydrogen-bond donors (Lipinski definition) is 1. The van der Waals surface area contributed by atoms with Crippen LogP contribution in [0.15, 0.2) is 18.2 Å². The maximum Gasteiger partial charge on any atom is 0.325 e. The van der Waals surface area contributed by atoms with Crippen molar-refractivity contribution in [3.05, 3.63) is 29.3 Å². The summed E-state index contributed by atoms with van der Waals surface area (Å²) in [6.45, 7) is 2.35. The SMILES string of the molecule is CCOC(=O)CN1Cc2ccc(O)cc2C1=O. The molecule has 0 atom stereocenters. The molecule has 1 N–H and O–H groups in total. The van der Waals surface area contributed by atoms with E-state index < -0.39 is 5.97 Å². The van der Waals surface area contributed by atoms with Gasteiger partial charge in [-0.1, -0.05) is 6.07 Å². The highest BCUT2D eigenvalue weighted by atomic mass is 16.5. The van der Waals surface area contributed by atoms with Crippen molar-refractivity contribution in [3.63, 3.8) is 0 Å². The minimum Gasteiger partial charge on any atom is -0.508 e. The van der Waals surface area contributed by atoms with Gasteiger partial charge in [-0.05, 0) is 24.6 Å². The molecular formula is C12H13NO4. The van der Waals surface area contributed by atoms with Gasteiger partial charge in [-0.25, -0.2) is 0 Å². The number of ether oxygens (including phenoxy) is 1. The third kappa shape index (κ3) is 2.22. The molecule has 1 heterocycles. The molecule has 1 aromatic rings. The number of benzene rings is 1. The molecule has 17 heavy (non-hydrogen) atoms. The van der Waals surface area contributed by atoms with Crippen molar-refractivity contribution in [2.75, 3.05) is 13.2 Å². The van der Waals surface area contributed by atoms with Crippen molar-refractivity contribution in [2.24, 2.45) is 0 Å². The summed E-state index contributed by atoms with van der Waals surface area (Å²) in [5.41, 5.74) is 1.27. The predicted molar refractivity (Wildman–Crippen MR) is 59.5 cm³/mol. The molecule has 0 aliphatic carbocycles. The van der Waals surface area contributed by atoms with Crippen LogP contribution in [0.2, 0.25) is 0 Å². The first-order valence-electron chi connectivity index (χ1n) is 5.38. The van der Waals surface area contributed by atoms with Gasteiger partial charge >= 0.3 is 5.97 Å². The lowest BCUT2D eigenvalue weighted by atomic mass is 10.1.